The van der Waals surface area contributed by atoms with Gasteiger partial charge in [-0.1, -0.05) is 40.9 Å². The van der Waals surface area contributed by atoms with E-state index in [1.54, 1.807) is 25.1 Å². The molecule has 2 aromatic carbocycles. The van der Waals surface area contributed by atoms with Gasteiger partial charge in [0.1, 0.15) is 16.5 Å². The topological polar surface area (TPSA) is 73.2 Å². The zero-order chi connectivity index (χ0) is 21.1. The highest BCUT2D eigenvalue weighted by Crippen LogP contribution is 2.29. The van der Waals surface area contributed by atoms with Crippen molar-refractivity contribution >= 4 is 52.4 Å². The van der Waals surface area contributed by atoms with E-state index in [9.17, 15) is 14.0 Å². The number of rotatable bonds is 5. The largest absolute Gasteiger partial charge is 0.452 e. The molecule has 3 rings (SSSR count). The lowest BCUT2D eigenvalue weighted by Gasteiger charge is -2.09. The molecule has 0 saturated heterocycles. The summed E-state index contributed by atoms with van der Waals surface area (Å²) in [6.45, 7) is 0.994. The lowest BCUT2D eigenvalue weighted by atomic mass is 10.2. The maximum absolute atomic E-state index is 13.1. The summed E-state index contributed by atoms with van der Waals surface area (Å²) in [6.07, 6.45) is 0. The predicted molar refractivity (Wildman–Crippen MR) is 109 cm³/mol. The third-order valence-electron chi connectivity index (χ3n) is 3.84. The normalized spacial score (nSPS) is 10.7. The fourth-order valence-corrected chi connectivity index (χ4v) is 3.17. The average molecular weight is 457 g/mol. The van der Waals surface area contributed by atoms with Crippen LogP contribution in [0.2, 0.25) is 15.2 Å². The number of hydrogen-bond acceptors (Lipinski definition) is 4. The lowest BCUT2D eigenvalue weighted by Crippen LogP contribution is -2.21. The molecule has 0 unspecified atom stereocenters. The number of halogens is 4. The second kappa shape index (κ2) is 8.82. The summed E-state index contributed by atoms with van der Waals surface area (Å²) in [7, 11) is 0. The molecule has 1 N–H and O–H groups in total. The van der Waals surface area contributed by atoms with Crippen molar-refractivity contribution in [1.82, 2.24) is 9.78 Å². The summed E-state index contributed by atoms with van der Waals surface area (Å²) in [5.74, 6) is -1.85. The van der Waals surface area contributed by atoms with Crippen molar-refractivity contribution in [2.24, 2.45) is 0 Å². The molecule has 0 radical (unpaired) electrons. The number of carbonyl (C=O) groups is 2. The van der Waals surface area contributed by atoms with Crippen LogP contribution in [0.3, 0.4) is 0 Å². The highest BCUT2D eigenvalue weighted by molar-refractivity contribution is 6.44. The van der Waals surface area contributed by atoms with E-state index < -0.39 is 24.3 Å². The van der Waals surface area contributed by atoms with Gasteiger partial charge >= 0.3 is 5.97 Å². The average Bonchev–Trinajstić information content (AvgIpc) is 2.98. The van der Waals surface area contributed by atoms with Gasteiger partial charge in [-0.05, 0) is 43.3 Å². The van der Waals surface area contributed by atoms with Gasteiger partial charge in [-0.3, -0.25) is 4.79 Å². The molecule has 0 atom stereocenters. The number of amides is 1. The fourth-order valence-electron chi connectivity index (χ4n) is 2.47. The fraction of sp³-hybridized carbons (Fsp3) is 0.105. The number of anilines is 1. The molecule has 150 valence electrons. The van der Waals surface area contributed by atoms with Crippen LogP contribution in [0.5, 0.6) is 0 Å². The summed E-state index contributed by atoms with van der Waals surface area (Å²) >= 11 is 18.1. The number of ether oxygens (including phenoxy) is 1. The van der Waals surface area contributed by atoms with Gasteiger partial charge in [-0.15, -0.1) is 0 Å². The minimum Gasteiger partial charge on any atom is -0.452 e. The Hall–Kier alpha value is -2.61. The van der Waals surface area contributed by atoms with Gasteiger partial charge < -0.3 is 10.1 Å². The van der Waals surface area contributed by atoms with E-state index >= 15 is 0 Å². The van der Waals surface area contributed by atoms with Crippen LogP contribution in [0, 0.1) is 12.7 Å². The molecule has 3 aromatic rings. The first-order chi connectivity index (χ1) is 13.8. The highest BCUT2D eigenvalue weighted by atomic mass is 35.5. The molecule has 0 aliphatic carbocycles. The molecule has 0 saturated carbocycles. The second-order valence-corrected chi connectivity index (χ2v) is 7.01. The molecule has 0 aliphatic rings. The first kappa shape index (κ1) is 21.1. The molecule has 0 aliphatic heterocycles. The number of benzene rings is 2. The number of aryl methyl sites for hydroxylation is 1. The van der Waals surface area contributed by atoms with Gasteiger partial charge in [0.25, 0.3) is 5.91 Å². The number of nitrogens with zero attached hydrogens (tertiary/aromatic N) is 2. The van der Waals surface area contributed by atoms with E-state index in [0.717, 1.165) is 0 Å². The Balaban J connectivity index is 1.70. The molecule has 0 fully saturated rings. The van der Waals surface area contributed by atoms with Gasteiger partial charge in [0.05, 0.1) is 27.1 Å². The SMILES string of the molecule is Cc1nn(-c2ccc(F)cc2)c(Cl)c1C(=O)OCC(=O)Nc1cccc(Cl)c1Cl. The Labute approximate surface area is 180 Å². The molecule has 10 heteroatoms. The van der Waals surface area contributed by atoms with Crippen molar-refractivity contribution < 1.29 is 18.7 Å². The zero-order valence-corrected chi connectivity index (χ0v) is 17.1. The summed E-state index contributed by atoms with van der Waals surface area (Å²) in [5.41, 5.74) is 1.05. The number of nitrogens with one attached hydrogen (secondary N) is 1. The lowest BCUT2D eigenvalue weighted by molar-refractivity contribution is -0.119. The van der Waals surface area contributed by atoms with E-state index in [4.69, 9.17) is 39.5 Å². The molecule has 0 spiro atoms. The molecular weight excluding hydrogens is 444 g/mol. The third-order valence-corrected chi connectivity index (χ3v) is 5.01. The van der Waals surface area contributed by atoms with E-state index in [2.05, 4.69) is 10.4 Å². The highest BCUT2D eigenvalue weighted by Gasteiger charge is 2.23. The van der Waals surface area contributed by atoms with Crippen molar-refractivity contribution in [2.75, 3.05) is 11.9 Å². The minimum atomic E-state index is -0.826. The van der Waals surface area contributed by atoms with Crippen LogP contribution in [0.4, 0.5) is 10.1 Å². The summed E-state index contributed by atoms with van der Waals surface area (Å²) in [5, 5.41) is 7.11. The quantitative estimate of drug-likeness (QED) is 0.544. The van der Waals surface area contributed by atoms with Crippen molar-refractivity contribution in [3.05, 3.63) is 74.7 Å². The predicted octanol–water partition coefficient (Wildman–Crippen LogP) is 5.08. The monoisotopic (exact) mass is 455 g/mol. The second-order valence-electron chi connectivity index (χ2n) is 5.87. The summed E-state index contributed by atoms with van der Waals surface area (Å²) < 4.78 is 19.4. The molecule has 1 amide bonds. The van der Waals surface area contributed by atoms with Crippen LogP contribution in [-0.2, 0) is 9.53 Å². The van der Waals surface area contributed by atoms with Crippen LogP contribution in [0.25, 0.3) is 5.69 Å². The number of carbonyl (C=O) groups excluding carboxylic acids is 2. The first-order valence-electron chi connectivity index (χ1n) is 8.20. The Morgan fingerprint density at radius 1 is 1.14 bits per heavy atom. The minimum absolute atomic E-state index is 0.00424. The van der Waals surface area contributed by atoms with Crippen molar-refractivity contribution in [3.8, 4) is 5.69 Å². The van der Waals surface area contributed by atoms with Crippen LogP contribution in [0.1, 0.15) is 16.1 Å². The Kier molecular flexibility index (Phi) is 6.42. The molecule has 0 bridgehead atoms. The van der Waals surface area contributed by atoms with Gasteiger partial charge in [-0.25, -0.2) is 13.9 Å². The first-order valence-corrected chi connectivity index (χ1v) is 9.33. The van der Waals surface area contributed by atoms with Gasteiger partial charge in [-0.2, -0.15) is 5.10 Å². The van der Waals surface area contributed by atoms with Crippen molar-refractivity contribution in [3.63, 3.8) is 0 Å². The molecule has 1 aromatic heterocycles. The van der Waals surface area contributed by atoms with Gasteiger partial charge in [0.2, 0.25) is 0 Å². The summed E-state index contributed by atoms with van der Waals surface area (Å²) in [4.78, 5) is 24.5. The molecule has 29 heavy (non-hydrogen) atoms. The summed E-state index contributed by atoms with van der Waals surface area (Å²) in [6, 6.07) is 10.2. The van der Waals surface area contributed by atoms with E-state index in [1.165, 1.54) is 28.9 Å². The van der Waals surface area contributed by atoms with Gasteiger partial charge in [0.15, 0.2) is 6.61 Å². The van der Waals surface area contributed by atoms with E-state index in [-0.39, 0.29) is 20.8 Å². The Bertz CT molecular complexity index is 1080. The molecule has 1 heterocycles. The van der Waals surface area contributed by atoms with Crippen molar-refractivity contribution in [1.29, 1.82) is 0 Å². The molecular formula is C19H13Cl3FN3O3. The number of esters is 1. The standard InChI is InChI=1S/C19H13Cl3FN3O3/c1-10-16(18(22)26(25-10)12-7-5-11(23)6-8-12)19(28)29-9-15(27)24-14-4-2-3-13(20)17(14)21/h2-8H,9H2,1H3,(H,24,27). The maximum atomic E-state index is 13.1. The Morgan fingerprint density at radius 3 is 2.52 bits per heavy atom. The van der Waals surface area contributed by atoms with Crippen LogP contribution in [-0.4, -0.2) is 28.3 Å². The third kappa shape index (κ3) is 4.70. The number of aromatic nitrogens is 2. The van der Waals surface area contributed by atoms with E-state index in [0.29, 0.717) is 17.1 Å². The number of hydrogen-bond donors (Lipinski definition) is 1. The van der Waals surface area contributed by atoms with Crippen LogP contribution < -0.4 is 5.32 Å². The van der Waals surface area contributed by atoms with Crippen molar-refractivity contribution in [2.45, 2.75) is 6.92 Å². The van der Waals surface area contributed by atoms with E-state index in [1.807, 2.05) is 0 Å². The maximum Gasteiger partial charge on any atom is 0.343 e. The zero-order valence-electron chi connectivity index (χ0n) is 14.9. The molecule has 6 nitrogen and oxygen atoms in total. The van der Waals surface area contributed by atoms with Crippen LogP contribution in [0.15, 0.2) is 42.5 Å². The Morgan fingerprint density at radius 2 is 1.83 bits per heavy atom. The van der Waals surface area contributed by atoms with Gasteiger partial charge in [0, 0.05) is 0 Å². The smallest absolute Gasteiger partial charge is 0.343 e. The van der Waals surface area contributed by atoms with Crippen LogP contribution >= 0.6 is 34.8 Å².